The number of rotatable bonds is 4. The van der Waals surface area contributed by atoms with Gasteiger partial charge in [0.1, 0.15) is 0 Å². The molecule has 3 rings (SSSR count). The number of thioether (sulfide) groups is 1. The Morgan fingerprint density at radius 1 is 1.24 bits per heavy atom. The normalized spacial score (nSPS) is 17.4. The summed E-state index contributed by atoms with van der Waals surface area (Å²) in [7, 11) is -3.71. The number of hydrogen-bond acceptors (Lipinski definition) is 5. The minimum Gasteiger partial charge on any atom is -0.381 e. The summed E-state index contributed by atoms with van der Waals surface area (Å²) in [5.41, 5.74) is 2.20. The molecule has 5 nitrogen and oxygen atoms in total. The van der Waals surface area contributed by atoms with Crippen molar-refractivity contribution >= 4 is 38.3 Å². The van der Waals surface area contributed by atoms with Gasteiger partial charge in [-0.25, -0.2) is 8.42 Å². The van der Waals surface area contributed by atoms with Gasteiger partial charge in [0.05, 0.1) is 10.6 Å². The van der Waals surface area contributed by atoms with E-state index in [2.05, 4.69) is 10.0 Å². The van der Waals surface area contributed by atoms with Gasteiger partial charge in [0, 0.05) is 23.0 Å². The van der Waals surface area contributed by atoms with Crippen LogP contribution >= 0.6 is 11.8 Å². The first-order valence-corrected chi connectivity index (χ1v) is 10.4. The van der Waals surface area contributed by atoms with Crippen molar-refractivity contribution in [2.75, 3.05) is 10.0 Å². The number of fused-ring (bicyclic) bond motifs is 1. The van der Waals surface area contributed by atoms with E-state index < -0.39 is 10.0 Å². The van der Waals surface area contributed by atoms with Crippen LogP contribution in [0.3, 0.4) is 0 Å². The van der Waals surface area contributed by atoms with E-state index in [4.69, 9.17) is 0 Å². The molecule has 0 aromatic heterocycles. The summed E-state index contributed by atoms with van der Waals surface area (Å²) in [4.78, 5) is 12.8. The Balaban J connectivity index is 1.94. The lowest BCUT2D eigenvalue weighted by molar-refractivity contribution is -0.111. The van der Waals surface area contributed by atoms with E-state index >= 15 is 0 Å². The Morgan fingerprint density at radius 3 is 2.76 bits per heavy atom. The lowest BCUT2D eigenvalue weighted by atomic mass is 10.1. The second kappa shape index (κ2) is 7.09. The van der Waals surface area contributed by atoms with Crippen molar-refractivity contribution in [2.45, 2.75) is 42.5 Å². The molecular weight excluding hydrogens is 356 g/mol. The van der Waals surface area contributed by atoms with Crippen LogP contribution in [0.1, 0.15) is 25.8 Å². The largest absolute Gasteiger partial charge is 0.381 e. The lowest BCUT2D eigenvalue weighted by Crippen LogP contribution is -2.17. The Kier molecular flexibility index (Phi) is 5.06. The van der Waals surface area contributed by atoms with E-state index in [1.54, 1.807) is 24.3 Å². The maximum Gasteiger partial charge on any atom is 0.261 e. The van der Waals surface area contributed by atoms with Crippen LogP contribution in [0, 0.1) is 0 Å². The zero-order chi connectivity index (χ0) is 18.0. The van der Waals surface area contributed by atoms with Crippen LogP contribution in [-0.4, -0.2) is 19.6 Å². The number of sulfonamides is 1. The molecule has 0 saturated carbocycles. The van der Waals surface area contributed by atoms with Crippen molar-refractivity contribution in [1.82, 2.24) is 0 Å². The SMILES string of the molecule is CCc1ccccc1NS(=O)(=O)c1ccc2c(c1)NC(C)CC(=O)S2. The molecule has 132 valence electrons. The van der Waals surface area contributed by atoms with Gasteiger partial charge < -0.3 is 5.32 Å². The summed E-state index contributed by atoms with van der Waals surface area (Å²) in [5, 5.41) is 3.29. The molecule has 2 N–H and O–H groups in total. The molecule has 2 aromatic carbocycles. The Labute approximate surface area is 152 Å². The third-order valence-corrected chi connectivity index (χ3v) is 6.34. The van der Waals surface area contributed by atoms with Crippen LogP contribution in [-0.2, 0) is 21.2 Å². The quantitative estimate of drug-likeness (QED) is 0.847. The second-order valence-corrected chi connectivity index (χ2v) is 8.78. The highest BCUT2D eigenvalue weighted by Gasteiger charge is 2.22. The van der Waals surface area contributed by atoms with Gasteiger partial charge in [-0.3, -0.25) is 9.52 Å². The molecular formula is C18H20N2O3S2. The molecule has 1 unspecified atom stereocenters. The van der Waals surface area contributed by atoms with E-state index in [0.717, 1.165) is 28.6 Å². The van der Waals surface area contributed by atoms with Crippen LogP contribution in [0.25, 0.3) is 0 Å². The molecule has 25 heavy (non-hydrogen) atoms. The fourth-order valence-electron chi connectivity index (χ4n) is 2.74. The van der Waals surface area contributed by atoms with Gasteiger partial charge in [0.2, 0.25) is 0 Å². The predicted molar refractivity (Wildman–Crippen MR) is 102 cm³/mol. The van der Waals surface area contributed by atoms with Crippen LogP contribution in [0.15, 0.2) is 52.3 Å². The Morgan fingerprint density at radius 2 is 2.00 bits per heavy atom. The molecule has 2 aromatic rings. The molecule has 0 fully saturated rings. The van der Waals surface area contributed by atoms with Gasteiger partial charge in [-0.15, -0.1) is 0 Å². The van der Waals surface area contributed by atoms with Crippen LogP contribution < -0.4 is 10.0 Å². The first-order chi connectivity index (χ1) is 11.9. The lowest BCUT2D eigenvalue weighted by Gasteiger charge is -2.15. The summed E-state index contributed by atoms with van der Waals surface area (Å²) >= 11 is 1.15. The van der Waals surface area contributed by atoms with E-state index in [-0.39, 0.29) is 16.1 Å². The van der Waals surface area contributed by atoms with Gasteiger partial charge in [-0.1, -0.05) is 25.1 Å². The summed E-state index contributed by atoms with van der Waals surface area (Å²) in [6.07, 6.45) is 1.14. The van der Waals surface area contributed by atoms with Crippen LogP contribution in [0.4, 0.5) is 11.4 Å². The topological polar surface area (TPSA) is 75.3 Å². The van der Waals surface area contributed by atoms with Crippen molar-refractivity contribution in [3.63, 3.8) is 0 Å². The molecule has 0 amide bonds. The van der Waals surface area contributed by atoms with E-state index in [1.807, 2.05) is 26.0 Å². The Hall–Kier alpha value is -1.99. The molecule has 1 heterocycles. The highest BCUT2D eigenvalue weighted by molar-refractivity contribution is 8.13. The number of hydrogen-bond donors (Lipinski definition) is 2. The molecule has 1 atom stereocenters. The molecule has 0 radical (unpaired) electrons. The fraction of sp³-hybridized carbons (Fsp3) is 0.278. The van der Waals surface area contributed by atoms with Gasteiger partial charge in [0.15, 0.2) is 5.12 Å². The maximum atomic E-state index is 12.8. The van der Waals surface area contributed by atoms with Gasteiger partial charge in [-0.05, 0) is 54.9 Å². The van der Waals surface area contributed by atoms with Crippen molar-refractivity contribution < 1.29 is 13.2 Å². The highest BCUT2D eigenvalue weighted by atomic mass is 32.2. The summed E-state index contributed by atoms with van der Waals surface area (Å²) in [6.45, 7) is 3.89. The minimum absolute atomic E-state index is 0.0343. The molecule has 0 aliphatic carbocycles. The number of carbonyl (C=O) groups is 1. The van der Waals surface area contributed by atoms with E-state index in [0.29, 0.717) is 17.8 Å². The van der Waals surface area contributed by atoms with Crippen LogP contribution in [0.2, 0.25) is 0 Å². The van der Waals surface area contributed by atoms with Crippen LogP contribution in [0.5, 0.6) is 0 Å². The highest BCUT2D eigenvalue weighted by Crippen LogP contribution is 2.35. The van der Waals surface area contributed by atoms with Gasteiger partial charge in [-0.2, -0.15) is 0 Å². The number of para-hydroxylation sites is 1. The standard InChI is InChI=1S/C18H20N2O3S2/c1-3-13-6-4-5-7-15(13)20-25(22,23)14-8-9-17-16(11-14)19-12(2)10-18(21)24-17/h4-9,11-12,19-20H,3,10H2,1-2H3. The first kappa shape index (κ1) is 17.8. The number of nitrogens with one attached hydrogen (secondary N) is 2. The summed E-state index contributed by atoms with van der Waals surface area (Å²) < 4.78 is 28.2. The number of carbonyl (C=O) groups excluding carboxylic acids is 1. The molecule has 1 aliphatic heterocycles. The second-order valence-electron chi connectivity index (χ2n) is 6.00. The van der Waals surface area contributed by atoms with Crippen molar-refractivity contribution in [2.24, 2.45) is 0 Å². The van der Waals surface area contributed by atoms with Crippen molar-refractivity contribution in [1.29, 1.82) is 0 Å². The zero-order valence-electron chi connectivity index (χ0n) is 14.1. The molecule has 1 aliphatic rings. The minimum atomic E-state index is -3.71. The summed E-state index contributed by atoms with van der Waals surface area (Å²) in [6, 6.07) is 12.1. The van der Waals surface area contributed by atoms with Crippen molar-refractivity contribution in [3.8, 4) is 0 Å². The van der Waals surface area contributed by atoms with Crippen molar-refractivity contribution in [3.05, 3.63) is 48.0 Å². The smallest absolute Gasteiger partial charge is 0.261 e. The van der Waals surface area contributed by atoms with Gasteiger partial charge in [0.25, 0.3) is 10.0 Å². The Bertz CT molecular complexity index is 910. The van der Waals surface area contributed by atoms with Gasteiger partial charge >= 0.3 is 0 Å². The third kappa shape index (κ3) is 3.99. The molecule has 7 heteroatoms. The zero-order valence-corrected chi connectivity index (χ0v) is 15.7. The third-order valence-electron chi connectivity index (χ3n) is 4.00. The predicted octanol–water partition coefficient (Wildman–Crippen LogP) is 3.87. The fourth-order valence-corrected chi connectivity index (χ4v) is 4.81. The molecule has 0 spiro atoms. The number of anilines is 2. The maximum absolute atomic E-state index is 12.8. The van der Waals surface area contributed by atoms with E-state index in [9.17, 15) is 13.2 Å². The first-order valence-electron chi connectivity index (χ1n) is 8.11. The molecule has 0 saturated heterocycles. The number of aryl methyl sites for hydroxylation is 1. The van der Waals surface area contributed by atoms with E-state index in [1.165, 1.54) is 6.07 Å². The monoisotopic (exact) mass is 376 g/mol. The molecule has 0 bridgehead atoms. The average molecular weight is 377 g/mol. The number of benzene rings is 2. The average Bonchev–Trinajstić information content (AvgIpc) is 2.70. The summed E-state index contributed by atoms with van der Waals surface area (Å²) in [5.74, 6) is 0.